The molecule has 6 aromatic carbocycles. The van der Waals surface area contributed by atoms with Crippen LogP contribution in [0.1, 0.15) is 41.8 Å². The van der Waals surface area contributed by atoms with Gasteiger partial charge in [0.15, 0.2) is 0 Å². The van der Waals surface area contributed by atoms with Gasteiger partial charge in [-0.25, -0.2) is 4.98 Å². The fourth-order valence-corrected chi connectivity index (χ4v) is 12.7. The summed E-state index contributed by atoms with van der Waals surface area (Å²) in [6.07, 6.45) is 3.27. The first-order valence-electron chi connectivity index (χ1n) is 22.9. The van der Waals surface area contributed by atoms with E-state index in [9.17, 15) is 0 Å². The predicted octanol–water partition coefficient (Wildman–Crippen LogP) is 14.4. The number of hydrogen-bond donors (Lipinski definition) is 0. The van der Waals surface area contributed by atoms with Crippen LogP contribution in [-0.2, 0) is 33.1 Å². The van der Waals surface area contributed by atoms with E-state index in [0.29, 0.717) is 18.2 Å². The molecule has 1 radical (unpaired) electrons. The van der Waals surface area contributed by atoms with Gasteiger partial charge < -0.3 is 8.98 Å². The van der Waals surface area contributed by atoms with Gasteiger partial charge in [-0.1, -0.05) is 59.5 Å². The minimum absolute atomic E-state index is 0. The summed E-state index contributed by atoms with van der Waals surface area (Å²) in [6.45, 7) is 11.5. The molecule has 0 saturated carbocycles. The molecule has 0 saturated heterocycles. The zero-order valence-electron chi connectivity index (χ0n) is 39.3. The number of aromatic nitrogens is 5. The van der Waals surface area contributed by atoms with E-state index in [0.717, 1.165) is 84.3 Å². The number of aryl methyl sites for hydroxylation is 3. The van der Waals surface area contributed by atoms with Crippen LogP contribution in [0.4, 0.5) is 0 Å². The van der Waals surface area contributed by atoms with Crippen LogP contribution in [0.2, 0.25) is 17.3 Å². The summed E-state index contributed by atoms with van der Waals surface area (Å²) >= 11 is -1.91. The average molecular weight is 1110 g/mol. The zero-order chi connectivity index (χ0) is 45.7. The fraction of sp³-hybridized carbons (Fsp3) is 0.186. The number of rotatable bonds is 8. The van der Waals surface area contributed by atoms with Gasteiger partial charge in [-0.2, -0.15) is 0 Å². The van der Waals surface area contributed by atoms with Crippen molar-refractivity contribution in [1.29, 1.82) is 0 Å². The molecule has 0 unspecified atom stereocenters. The molecule has 0 fully saturated rings. The molecule has 0 spiro atoms. The van der Waals surface area contributed by atoms with Crippen molar-refractivity contribution in [3.05, 3.63) is 186 Å². The first kappa shape index (κ1) is 45.9. The van der Waals surface area contributed by atoms with Gasteiger partial charge in [0.05, 0.1) is 33.7 Å². The minimum atomic E-state index is -1.91. The van der Waals surface area contributed by atoms with E-state index in [1.165, 1.54) is 37.4 Å². The molecule has 0 N–H and O–H groups in total. The van der Waals surface area contributed by atoms with Gasteiger partial charge in [0.25, 0.3) is 0 Å². The van der Waals surface area contributed by atoms with Gasteiger partial charge in [0.1, 0.15) is 0 Å². The van der Waals surface area contributed by atoms with Crippen LogP contribution >= 0.6 is 0 Å². The summed E-state index contributed by atoms with van der Waals surface area (Å²) < 4.78 is 10.4. The molecule has 335 valence electrons. The Bertz CT molecular complexity index is 3590. The molecule has 0 aliphatic heterocycles. The smallest absolute Gasteiger partial charge is 0.216 e. The molecular weight excluding hydrogens is 1060 g/mol. The van der Waals surface area contributed by atoms with E-state index in [4.69, 9.17) is 24.4 Å². The Morgan fingerprint density at radius 2 is 1.40 bits per heavy atom. The molecule has 11 rings (SSSR count). The topological polar surface area (TPSA) is 69.6 Å². The maximum atomic E-state index is 6.58. The number of pyridine rings is 3. The van der Waals surface area contributed by atoms with Crippen LogP contribution in [0.5, 0.6) is 0 Å². The number of benzene rings is 6. The maximum absolute atomic E-state index is 6.58. The number of furan rings is 1. The Morgan fingerprint density at radius 1 is 0.672 bits per heavy atom. The minimum Gasteiger partial charge on any atom is -0.486 e. The quantitative estimate of drug-likeness (QED) is 0.112. The number of hydrogen-bond acceptors (Lipinski definition) is 5. The third-order valence-corrected chi connectivity index (χ3v) is 16.9. The van der Waals surface area contributed by atoms with Crippen molar-refractivity contribution in [2.45, 2.75) is 64.9 Å². The van der Waals surface area contributed by atoms with Crippen LogP contribution in [0, 0.1) is 38.8 Å². The SMILES string of the molecule is CC(C)Cc1cc(-c2[c-]cc3ccccc3c2)nc[c]1[Ge]([CH3])([CH3])[CH3].Cc1ccc2c(ccc3nc(-c4[c-]ccc5c4oc4nc(-c6c(C)cccc6C)ccc45)n(Cc4ccccc4)c32)n1.[Ir]. The van der Waals surface area contributed by atoms with Gasteiger partial charge in [0, 0.05) is 48.7 Å². The summed E-state index contributed by atoms with van der Waals surface area (Å²) in [4.78, 5) is 19.8. The molecule has 5 aromatic heterocycles. The normalized spacial score (nSPS) is 11.7. The van der Waals surface area contributed by atoms with Crippen molar-refractivity contribution in [2.75, 3.05) is 0 Å². The van der Waals surface area contributed by atoms with Crippen LogP contribution in [0.15, 0.2) is 150 Å². The number of fused-ring (bicyclic) bond motifs is 7. The first-order chi connectivity index (χ1) is 31.9. The Morgan fingerprint density at radius 3 is 2.16 bits per heavy atom. The van der Waals surface area contributed by atoms with Gasteiger partial charge in [-0.05, 0) is 73.9 Å². The molecular formula is C59H53GeIrN5O-2. The largest absolute Gasteiger partial charge is 0.486 e. The molecule has 0 aliphatic rings. The first-order valence-corrected chi connectivity index (χ1v) is 30.3. The molecule has 5 heterocycles. The van der Waals surface area contributed by atoms with Crippen LogP contribution in [0.3, 0.4) is 0 Å². The molecule has 0 aliphatic carbocycles. The monoisotopic (exact) mass is 1110 g/mol. The molecule has 8 heteroatoms. The van der Waals surface area contributed by atoms with Crippen LogP contribution in [-0.4, -0.2) is 37.8 Å². The van der Waals surface area contributed by atoms with E-state index in [1.807, 2.05) is 19.1 Å². The summed E-state index contributed by atoms with van der Waals surface area (Å²) in [7, 11) is 0. The standard InChI is InChI=1S/C37H27N4O.C22H26GeN.Ir/c1-22-9-7-10-23(2)33(22)31-18-17-27-26-13-8-14-29(35(26)42-37(27)40-31)36-39-32-20-19-30-28(16-15-24(3)38-30)34(32)41(36)21-25-11-5-4-6-12-25;1-16(2)12-20-14-22(24-15-21(20)23(3,4)5)19-11-10-17-8-6-7-9-18(17)13-19;/h4-13,15-20H,21H2,1-3H3;6-10,13-16H,12H2,1-5H3;/q2*-1;. The summed E-state index contributed by atoms with van der Waals surface area (Å²) in [5.41, 5.74) is 15.3. The van der Waals surface area contributed by atoms with Crippen molar-refractivity contribution in [2.24, 2.45) is 5.92 Å². The molecule has 0 bridgehead atoms. The zero-order valence-corrected chi connectivity index (χ0v) is 43.8. The average Bonchev–Trinajstić information content (AvgIpc) is 3.87. The second-order valence-electron chi connectivity index (χ2n) is 19.0. The van der Waals surface area contributed by atoms with Crippen LogP contribution in [0.25, 0.3) is 88.7 Å². The van der Waals surface area contributed by atoms with Crippen molar-refractivity contribution < 1.29 is 24.5 Å². The summed E-state index contributed by atoms with van der Waals surface area (Å²) in [5, 5.41) is 5.52. The third-order valence-electron chi connectivity index (χ3n) is 12.5. The maximum Gasteiger partial charge on any atom is 0.216 e. The Balaban J connectivity index is 0.000000192. The number of imidazole rings is 1. The second kappa shape index (κ2) is 18.8. The van der Waals surface area contributed by atoms with Gasteiger partial charge in [-0.15, -0.1) is 18.2 Å². The van der Waals surface area contributed by atoms with Gasteiger partial charge in [0.2, 0.25) is 5.71 Å². The van der Waals surface area contributed by atoms with Gasteiger partial charge in [-0.3, -0.25) is 9.97 Å². The van der Waals surface area contributed by atoms with Crippen molar-refractivity contribution in [1.82, 2.24) is 24.5 Å². The predicted molar refractivity (Wildman–Crippen MR) is 277 cm³/mol. The van der Waals surface area contributed by atoms with Crippen molar-refractivity contribution >= 4 is 72.4 Å². The molecule has 6 nitrogen and oxygen atoms in total. The Kier molecular flexibility index (Phi) is 12.9. The molecule has 0 atom stereocenters. The van der Waals surface area contributed by atoms with Crippen molar-refractivity contribution in [3.63, 3.8) is 0 Å². The van der Waals surface area contributed by atoms with E-state index in [2.05, 4.69) is 195 Å². The second-order valence-corrected chi connectivity index (χ2v) is 29.6. The molecule has 0 amide bonds. The van der Waals surface area contributed by atoms with E-state index < -0.39 is 13.3 Å². The van der Waals surface area contributed by atoms with Gasteiger partial charge >= 0.3 is 148 Å². The molecule has 67 heavy (non-hydrogen) atoms. The summed E-state index contributed by atoms with van der Waals surface area (Å²) in [6, 6.07) is 55.3. The van der Waals surface area contributed by atoms with Crippen LogP contribution < -0.4 is 4.40 Å². The third kappa shape index (κ3) is 9.13. The van der Waals surface area contributed by atoms with E-state index >= 15 is 0 Å². The molecule has 11 aromatic rings. The van der Waals surface area contributed by atoms with Crippen molar-refractivity contribution in [3.8, 4) is 33.9 Å². The summed E-state index contributed by atoms with van der Waals surface area (Å²) in [5.74, 6) is 8.81. The van der Waals surface area contributed by atoms with E-state index in [-0.39, 0.29) is 20.1 Å². The Hall–Kier alpha value is -6.25. The Labute approximate surface area is 409 Å². The fourth-order valence-electron chi connectivity index (χ4n) is 9.39. The number of nitrogens with zero attached hydrogens (tertiary/aromatic N) is 5. The van der Waals surface area contributed by atoms with E-state index in [1.54, 1.807) is 0 Å².